The van der Waals surface area contributed by atoms with Crippen LogP contribution in [-0.2, 0) is 16.1 Å². The number of hydrogen-bond donors (Lipinski definition) is 1. The maximum absolute atomic E-state index is 13.2. The minimum absolute atomic E-state index is 0.107. The van der Waals surface area contributed by atoms with Crippen LogP contribution in [-0.4, -0.2) is 59.7 Å². The molecule has 2 aromatic carbocycles. The molecule has 2 aromatic rings. The zero-order valence-electron chi connectivity index (χ0n) is 20.6. The topological polar surface area (TPSA) is 96.0 Å². The molecule has 0 fully saturated rings. The maximum atomic E-state index is 13.2. The van der Waals surface area contributed by atoms with Crippen LogP contribution in [0.15, 0.2) is 48.5 Å². The van der Waals surface area contributed by atoms with E-state index in [4.69, 9.17) is 4.74 Å². The molecular formula is C27H33N3O5. The van der Waals surface area contributed by atoms with Crippen LogP contribution in [0, 0.1) is 0 Å². The zero-order valence-corrected chi connectivity index (χ0v) is 20.6. The monoisotopic (exact) mass is 479 g/mol. The lowest BCUT2D eigenvalue weighted by molar-refractivity contribution is -0.140. The molecule has 0 saturated heterocycles. The van der Waals surface area contributed by atoms with E-state index < -0.39 is 6.04 Å². The van der Waals surface area contributed by atoms with Gasteiger partial charge in [-0.1, -0.05) is 37.6 Å². The first-order chi connectivity index (χ1) is 16.9. The van der Waals surface area contributed by atoms with Crippen molar-refractivity contribution in [2.45, 2.75) is 52.1 Å². The van der Waals surface area contributed by atoms with Gasteiger partial charge in [-0.15, -0.1) is 0 Å². The Labute approximate surface area is 206 Å². The lowest BCUT2D eigenvalue weighted by Crippen LogP contribution is -2.47. The van der Waals surface area contributed by atoms with E-state index >= 15 is 0 Å². The molecule has 0 bridgehead atoms. The number of unbranched alkanes of at least 4 members (excludes halogenated alkanes) is 1. The first-order valence-corrected chi connectivity index (χ1v) is 12.0. The third-order valence-electron chi connectivity index (χ3n) is 6.16. The molecule has 0 spiro atoms. The van der Waals surface area contributed by atoms with Crippen molar-refractivity contribution in [3.63, 3.8) is 0 Å². The average molecular weight is 480 g/mol. The van der Waals surface area contributed by atoms with Crippen LogP contribution in [0.25, 0.3) is 0 Å². The Morgan fingerprint density at radius 3 is 2.20 bits per heavy atom. The predicted molar refractivity (Wildman–Crippen MR) is 132 cm³/mol. The molecule has 8 nitrogen and oxygen atoms in total. The molecule has 4 amide bonds. The fraction of sp³-hybridized carbons (Fsp3) is 0.407. The lowest BCUT2D eigenvalue weighted by atomic mass is 10.1. The molecule has 0 aliphatic carbocycles. The molecule has 0 unspecified atom stereocenters. The Hall–Kier alpha value is -3.68. The first-order valence-electron chi connectivity index (χ1n) is 12.0. The van der Waals surface area contributed by atoms with Gasteiger partial charge in [0, 0.05) is 26.1 Å². The molecule has 1 N–H and O–H groups in total. The van der Waals surface area contributed by atoms with Gasteiger partial charge in [-0.25, -0.2) is 0 Å². The van der Waals surface area contributed by atoms with Gasteiger partial charge in [0.25, 0.3) is 11.8 Å². The Morgan fingerprint density at radius 1 is 1.00 bits per heavy atom. The van der Waals surface area contributed by atoms with Crippen molar-refractivity contribution in [3.8, 4) is 5.75 Å². The summed E-state index contributed by atoms with van der Waals surface area (Å²) >= 11 is 0. The molecule has 186 valence electrons. The Kier molecular flexibility index (Phi) is 9.00. The number of ether oxygens (including phenoxy) is 1. The normalized spacial score (nSPS) is 13.4. The van der Waals surface area contributed by atoms with E-state index in [1.807, 2.05) is 31.2 Å². The van der Waals surface area contributed by atoms with Crippen molar-refractivity contribution in [1.29, 1.82) is 0 Å². The van der Waals surface area contributed by atoms with E-state index in [9.17, 15) is 19.2 Å². The molecule has 35 heavy (non-hydrogen) atoms. The summed E-state index contributed by atoms with van der Waals surface area (Å²) in [6.45, 7) is 4.73. The highest BCUT2D eigenvalue weighted by Crippen LogP contribution is 2.23. The zero-order chi connectivity index (χ0) is 25.4. The summed E-state index contributed by atoms with van der Waals surface area (Å²) in [7, 11) is 1.59. The van der Waals surface area contributed by atoms with Crippen LogP contribution in [0.3, 0.4) is 0 Å². The lowest BCUT2D eigenvalue weighted by Gasteiger charge is -2.29. The summed E-state index contributed by atoms with van der Waals surface area (Å²) in [6, 6.07) is 13.4. The second-order valence-electron chi connectivity index (χ2n) is 8.60. The first kappa shape index (κ1) is 25.9. The molecule has 8 heteroatoms. The fourth-order valence-electron chi connectivity index (χ4n) is 4.02. The van der Waals surface area contributed by atoms with Gasteiger partial charge in [-0.05, 0) is 49.6 Å². The van der Waals surface area contributed by atoms with Crippen LogP contribution < -0.4 is 10.1 Å². The minimum Gasteiger partial charge on any atom is -0.497 e. The minimum atomic E-state index is -0.666. The Morgan fingerprint density at radius 2 is 1.63 bits per heavy atom. The van der Waals surface area contributed by atoms with Crippen molar-refractivity contribution in [3.05, 3.63) is 65.2 Å². The SMILES string of the molecule is CCCCNC(=O)[C@H](C)N(Cc1ccc(OC)cc1)C(=O)CCCN1C(=O)c2ccccc2C1=O. The van der Waals surface area contributed by atoms with Gasteiger partial charge >= 0.3 is 0 Å². The highest BCUT2D eigenvalue weighted by Gasteiger charge is 2.35. The van der Waals surface area contributed by atoms with E-state index in [0.29, 0.717) is 29.8 Å². The number of amides is 4. The molecular weight excluding hydrogens is 446 g/mol. The Bertz CT molecular complexity index is 1030. The number of hydrogen-bond acceptors (Lipinski definition) is 5. The van der Waals surface area contributed by atoms with E-state index in [1.165, 1.54) is 4.90 Å². The maximum Gasteiger partial charge on any atom is 0.261 e. The number of nitrogens with one attached hydrogen (secondary N) is 1. The van der Waals surface area contributed by atoms with Crippen molar-refractivity contribution in [2.75, 3.05) is 20.2 Å². The highest BCUT2D eigenvalue weighted by molar-refractivity contribution is 6.21. The van der Waals surface area contributed by atoms with Gasteiger partial charge in [0.1, 0.15) is 11.8 Å². The largest absolute Gasteiger partial charge is 0.497 e. The van der Waals surface area contributed by atoms with Crippen LogP contribution in [0.2, 0.25) is 0 Å². The predicted octanol–water partition coefficient (Wildman–Crippen LogP) is 3.41. The highest BCUT2D eigenvalue weighted by atomic mass is 16.5. The fourth-order valence-corrected chi connectivity index (χ4v) is 4.02. The summed E-state index contributed by atoms with van der Waals surface area (Å²) < 4.78 is 5.20. The molecule has 0 saturated carbocycles. The van der Waals surface area contributed by atoms with Gasteiger partial charge < -0.3 is 15.0 Å². The summed E-state index contributed by atoms with van der Waals surface area (Å²) in [6.07, 6.45) is 2.25. The second kappa shape index (κ2) is 12.1. The third kappa shape index (κ3) is 6.26. The molecule has 1 heterocycles. The van der Waals surface area contributed by atoms with Crippen molar-refractivity contribution in [1.82, 2.24) is 15.1 Å². The number of imide groups is 1. The molecule has 1 aliphatic rings. The van der Waals surface area contributed by atoms with Gasteiger partial charge in [0.05, 0.1) is 18.2 Å². The summed E-state index contributed by atoms with van der Waals surface area (Å²) in [5, 5.41) is 2.89. The Balaban J connectivity index is 1.65. The summed E-state index contributed by atoms with van der Waals surface area (Å²) in [5.41, 5.74) is 1.65. The van der Waals surface area contributed by atoms with E-state index in [2.05, 4.69) is 5.32 Å². The summed E-state index contributed by atoms with van der Waals surface area (Å²) in [5.74, 6) is -0.386. The molecule has 1 aliphatic heterocycles. The number of carbonyl (C=O) groups excluding carboxylic acids is 4. The van der Waals surface area contributed by atoms with E-state index in [-0.39, 0.29) is 43.1 Å². The summed E-state index contributed by atoms with van der Waals surface area (Å²) in [4.78, 5) is 53.9. The van der Waals surface area contributed by atoms with E-state index in [1.54, 1.807) is 43.2 Å². The number of fused-ring (bicyclic) bond motifs is 1. The van der Waals surface area contributed by atoms with Crippen LogP contribution in [0.5, 0.6) is 5.75 Å². The third-order valence-corrected chi connectivity index (χ3v) is 6.16. The molecule has 3 rings (SSSR count). The van der Waals surface area contributed by atoms with Gasteiger partial charge in [-0.3, -0.25) is 24.1 Å². The van der Waals surface area contributed by atoms with Gasteiger partial charge in [0.2, 0.25) is 11.8 Å². The van der Waals surface area contributed by atoms with Crippen molar-refractivity contribution in [2.24, 2.45) is 0 Å². The average Bonchev–Trinajstić information content (AvgIpc) is 3.12. The number of nitrogens with zero attached hydrogens (tertiary/aromatic N) is 2. The second-order valence-corrected chi connectivity index (χ2v) is 8.60. The number of benzene rings is 2. The van der Waals surface area contributed by atoms with E-state index in [0.717, 1.165) is 18.4 Å². The van der Waals surface area contributed by atoms with Crippen molar-refractivity contribution < 1.29 is 23.9 Å². The van der Waals surface area contributed by atoms with Crippen molar-refractivity contribution >= 4 is 23.6 Å². The standard InChI is InChI=1S/C27H33N3O5/c1-4-5-16-28-25(32)19(2)30(18-20-12-14-21(35-3)15-13-20)24(31)11-8-17-29-26(33)22-9-6-7-10-23(22)27(29)34/h6-7,9-10,12-15,19H,4-5,8,11,16-18H2,1-3H3,(H,28,32)/t19-/m0/s1. The quantitative estimate of drug-likeness (QED) is 0.372. The van der Waals surface area contributed by atoms with Gasteiger partial charge in [0.15, 0.2) is 0 Å². The molecule has 1 atom stereocenters. The molecule has 0 aromatic heterocycles. The number of rotatable bonds is 12. The van der Waals surface area contributed by atoms with Crippen LogP contribution >= 0.6 is 0 Å². The number of methoxy groups -OCH3 is 1. The number of carbonyl (C=O) groups is 4. The van der Waals surface area contributed by atoms with Gasteiger partial charge in [-0.2, -0.15) is 0 Å². The van der Waals surface area contributed by atoms with Crippen LogP contribution in [0.4, 0.5) is 0 Å². The van der Waals surface area contributed by atoms with Crippen LogP contribution in [0.1, 0.15) is 65.8 Å². The molecule has 0 radical (unpaired) electrons. The smallest absolute Gasteiger partial charge is 0.261 e.